The van der Waals surface area contributed by atoms with E-state index in [2.05, 4.69) is 15.5 Å². The SMILES string of the molecule is O=C(Cc1ccc(-c2ccccc2F)c(F)c1)Nc1cc(C2CC2)[nH]n1. The van der Waals surface area contributed by atoms with Crippen LogP contribution in [-0.2, 0) is 11.2 Å². The fraction of sp³-hybridized carbons (Fsp3) is 0.200. The average molecular weight is 353 g/mol. The third-order valence-electron chi connectivity index (χ3n) is 4.44. The van der Waals surface area contributed by atoms with Crippen LogP contribution in [0.3, 0.4) is 0 Å². The second-order valence-corrected chi connectivity index (χ2v) is 6.50. The summed E-state index contributed by atoms with van der Waals surface area (Å²) in [5, 5.41) is 9.69. The van der Waals surface area contributed by atoms with E-state index in [0.29, 0.717) is 17.3 Å². The average Bonchev–Trinajstić information content (AvgIpc) is 3.36. The van der Waals surface area contributed by atoms with E-state index in [1.807, 2.05) is 6.07 Å². The molecule has 4 rings (SSSR count). The summed E-state index contributed by atoms with van der Waals surface area (Å²) in [6.07, 6.45) is 2.30. The van der Waals surface area contributed by atoms with E-state index in [1.54, 1.807) is 18.2 Å². The zero-order valence-electron chi connectivity index (χ0n) is 13.9. The molecular formula is C20H17F2N3O. The quantitative estimate of drug-likeness (QED) is 0.714. The maximum Gasteiger partial charge on any atom is 0.229 e. The van der Waals surface area contributed by atoms with Crippen molar-refractivity contribution in [3.63, 3.8) is 0 Å². The molecule has 2 N–H and O–H groups in total. The number of aromatic nitrogens is 2. The lowest BCUT2D eigenvalue weighted by molar-refractivity contribution is -0.115. The van der Waals surface area contributed by atoms with Gasteiger partial charge < -0.3 is 5.32 Å². The van der Waals surface area contributed by atoms with Crippen LogP contribution in [0, 0.1) is 11.6 Å². The van der Waals surface area contributed by atoms with Gasteiger partial charge in [-0.2, -0.15) is 5.10 Å². The Morgan fingerprint density at radius 3 is 2.58 bits per heavy atom. The number of carbonyl (C=O) groups excluding carboxylic acids is 1. The van der Waals surface area contributed by atoms with Crippen LogP contribution in [-0.4, -0.2) is 16.1 Å². The van der Waals surface area contributed by atoms with Crippen LogP contribution in [0.15, 0.2) is 48.5 Å². The summed E-state index contributed by atoms with van der Waals surface area (Å²) >= 11 is 0. The van der Waals surface area contributed by atoms with Gasteiger partial charge in [0.05, 0.1) is 6.42 Å². The first kappa shape index (κ1) is 16.4. The van der Waals surface area contributed by atoms with Gasteiger partial charge in [0, 0.05) is 28.8 Å². The Balaban J connectivity index is 1.45. The minimum Gasteiger partial charge on any atom is -0.309 e. The van der Waals surface area contributed by atoms with E-state index in [9.17, 15) is 13.6 Å². The maximum atomic E-state index is 14.4. The second-order valence-electron chi connectivity index (χ2n) is 6.50. The third kappa shape index (κ3) is 3.49. The van der Waals surface area contributed by atoms with Gasteiger partial charge in [0.1, 0.15) is 11.6 Å². The van der Waals surface area contributed by atoms with Gasteiger partial charge in [0.15, 0.2) is 5.82 Å². The molecule has 0 spiro atoms. The molecule has 6 heteroatoms. The number of nitrogens with one attached hydrogen (secondary N) is 2. The van der Waals surface area contributed by atoms with Gasteiger partial charge in [0.2, 0.25) is 5.91 Å². The Bertz CT molecular complexity index is 963. The summed E-state index contributed by atoms with van der Waals surface area (Å²) in [6, 6.07) is 12.2. The number of H-pyrrole nitrogens is 1. The van der Waals surface area contributed by atoms with Crippen molar-refractivity contribution in [2.75, 3.05) is 5.32 Å². The number of hydrogen-bond acceptors (Lipinski definition) is 2. The number of anilines is 1. The van der Waals surface area contributed by atoms with Crippen LogP contribution in [0.4, 0.5) is 14.6 Å². The zero-order valence-corrected chi connectivity index (χ0v) is 13.9. The van der Waals surface area contributed by atoms with Crippen molar-refractivity contribution in [1.82, 2.24) is 10.2 Å². The summed E-state index contributed by atoms with van der Waals surface area (Å²) in [6.45, 7) is 0. The fourth-order valence-electron chi connectivity index (χ4n) is 2.94. The van der Waals surface area contributed by atoms with Crippen molar-refractivity contribution in [3.8, 4) is 11.1 Å². The molecule has 0 atom stereocenters. The molecule has 0 aliphatic heterocycles. The van der Waals surface area contributed by atoms with Crippen molar-refractivity contribution in [2.24, 2.45) is 0 Å². The lowest BCUT2D eigenvalue weighted by atomic mass is 10.0. The second kappa shape index (κ2) is 6.71. The van der Waals surface area contributed by atoms with Gasteiger partial charge in [-0.05, 0) is 30.5 Å². The molecule has 0 radical (unpaired) electrons. The number of halogens is 2. The van der Waals surface area contributed by atoms with Gasteiger partial charge in [0.25, 0.3) is 0 Å². The molecule has 1 heterocycles. The van der Waals surface area contributed by atoms with Gasteiger partial charge in [-0.15, -0.1) is 0 Å². The van der Waals surface area contributed by atoms with E-state index in [4.69, 9.17) is 0 Å². The predicted molar refractivity (Wildman–Crippen MR) is 94.7 cm³/mol. The van der Waals surface area contributed by atoms with E-state index >= 15 is 0 Å². The highest BCUT2D eigenvalue weighted by molar-refractivity contribution is 5.91. The Labute approximate surface area is 149 Å². The Kier molecular flexibility index (Phi) is 4.24. The van der Waals surface area contributed by atoms with Crippen LogP contribution in [0.1, 0.15) is 30.0 Å². The van der Waals surface area contributed by atoms with Crippen LogP contribution in [0.5, 0.6) is 0 Å². The number of aromatic amines is 1. The number of hydrogen-bond donors (Lipinski definition) is 2. The number of carbonyl (C=O) groups is 1. The molecule has 1 saturated carbocycles. The third-order valence-corrected chi connectivity index (χ3v) is 4.44. The van der Waals surface area contributed by atoms with Crippen LogP contribution >= 0.6 is 0 Å². The van der Waals surface area contributed by atoms with Gasteiger partial charge in [-0.3, -0.25) is 9.89 Å². The highest BCUT2D eigenvalue weighted by atomic mass is 19.1. The number of benzene rings is 2. The number of amides is 1. The molecule has 26 heavy (non-hydrogen) atoms. The van der Waals surface area contributed by atoms with Crippen molar-refractivity contribution in [1.29, 1.82) is 0 Å². The molecule has 4 nitrogen and oxygen atoms in total. The lowest BCUT2D eigenvalue weighted by Crippen LogP contribution is -2.14. The summed E-state index contributed by atoms with van der Waals surface area (Å²) in [5.74, 6) is -0.330. The molecule has 2 aromatic carbocycles. The highest BCUT2D eigenvalue weighted by Crippen LogP contribution is 2.39. The molecule has 132 valence electrons. The molecule has 0 bridgehead atoms. The zero-order chi connectivity index (χ0) is 18.1. The van der Waals surface area contributed by atoms with Crippen LogP contribution in [0.25, 0.3) is 11.1 Å². The first-order valence-electron chi connectivity index (χ1n) is 8.48. The van der Waals surface area contributed by atoms with E-state index in [-0.39, 0.29) is 23.5 Å². The number of rotatable bonds is 5. The molecule has 0 saturated heterocycles. The smallest absolute Gasteiger partial charge is 0.229 e. The molecule has 1 aliphatic rings. The van der Waals surface area contributed by atoms with Crippen LogP contribution in [0.2, 0.25) is 0 Å². The monoisotopic (exact) mass is 353 g/mol. The minimum atomic E-state index is -0.559. The molecule has 1 aliphatic carbocycles. The van der Waals surface area contributed by atoms with Gasteiger partial charge >= 0.3 is 0 Å². The Hall–Kier alpha value is -3.02. The standard InChI is InChI=1S/C20H17F2N3O/c21-16-4-2-1-3-14(16)15-8-5-12(9-17(15)22)10-20(26)23-19-11-18(24-25-19)13-6-7-13/h1-5,8-9,11,13H,6-7,10H2,(H2,23,24,25,26). The van der Waals surface area contributed by atoms with Gasteiger partial charge in [-0.25, -0.2) is 8.78 Å². The minimum absolute atomic E-state index is 0.0140. The normalized spacial score (nSPS) is 13.6. The van der Waals surface area contributed by atoms with E-state index in [1.165, 1.54) is 24.3 Å². The molecule has 1 fully saturated rings. The van der Waals surface area contributed by atoms with Crippen molar-refractivity contribution in [3.05, 3.63) is 71.4 Å². The first-order valence-corrected chi connectivity index (χ1v) is 8.48. The van der Waals surface area contributed by atoms with Gasteiger partial charge in [-0.1, -0.05) is 30.3 Å². The molecule has 1 aromatic heterocycles. The summed E-state index contributed by atoms with van der Waals surface area (Å²) < 4.78 is 28.2. The van der Waals surface area contributed by atoms with Crippen LogP contribution < -0.4 is 5.32 Å². The van der Waals surface area contributed by atoms with Crippen molar-refractivity contribution in [2.45, 2.75) is 25.2 Å². The number of nitrogens with zero attached hydrogens (tertiary/aromatic N) is 1. The van der Waals surface area contributed by atoms with E-state index < -0.39 is 11.6 Å². The predicted octanol–water partition coefficient (Wildman–Crippen LogP) is 4.41. The highest BCUT2D eigenvalue weighted by Gasteiger charge is 2.25. The summed E-state index contributed by atoms with van der Waals surface area (Å²) in [7, 11) is 0. The lowest BCUT2D eigenvalue weighted by Gasteiger charge is -2.07. The topological polar surface area (TPSA) is 57.8 Å². The molecular weight excluding hydrogens is 336 g/mol. The molecule has 1 amide bonds. The fourth-order valence-corrected chi connectivity index (χ4v) is 2.94. The van der Waals surface area contributed by atoms with E-state index in [0.717, 1.165) is 18.5 Å². The molecule has 3 aromatic rings. The van der Waals surface area contributed by atoms with Crippen molar-refractivity contribution >= 4 is 11.7 Å². The Morgan fingerprint density at radius 1 is 1.08 bits per heavy atom. The maximum absolute atomic E-state index is 14.4. The first-order chi connectivity index (χ1) is 12.6. The van der Waals surface area contributed by atoms with Crippen molar-refractivity contribution < 1.29 is 13.6 Å². The Morgan fingerprint density at radius 2 is 1.85 bits per heavy atom. The molecule has 0 unspecified atom stereocenters. The largest absolute Gasteiger partial charge is 0.309 e. The summed E-state index contributed by atoms with van der Waals surface area (Å²) in [4.78, 5) is 12.1. The summed E-state index contributed by atoms with van der Waals surface area (Å²) in [5.41, 5.74) is 1.91.